The van der Waals surface area contributed by atoms with Gasteiger partial charge in [-0.05, 0) is 83.9 Å². The van der Waals surface area contributed by atoms with Gasteiger partial charge < -0.3 is 18.0 Å². The number of aromatic nitrogens is 2. The van der Waals surface area contributed by atoms with E-state index in [1.54, 1.807) is 97.1 Å². The van der Waals surface area contributed by atoms with Crippen molar-refractivity contribution >= 4 is 87.5 Å². The van der Waals surface area contributed by atoms with Crippen LogP contribution in [0.5, 0.6) is 0 Å². The van der Waals surface area contributed by atoms with Crippen molar-refractivity contribution in [3.8, 4) is 33.6 Å². The highest BCUT2D eigenvalue weighted by atomic mass is 19.4. The number of rotatable bonds is 4. The van der Waals surface area contributed by atoms with E-state index < -0.39 is 57.6 Å². The summed E-state index contributed by atoms with van der Waals surface area (Å²) in [4.78, 5) is 0. The number of nitrogens with zero attached hydrogens (tertiary/aromatic N) is 2. The second-order valence-corrected chi connectivity index (χ2v) is 16.8. The molecule has 0 aliphatic carbocycles. The summed E-state index contributed by atoms with van der Waals surface area (Å²) in [7, 11) is 0. The molecular weight excluding hydrogens is 885 g/mol. The van der Waals surface area contributed by atoms with Gasteiger partial charge in [0.1, 0.15) is 34.0 Å². The molecule has 0 radical (unpaired) electrons. The number of furan rings is 2. The van der Waals surface area contributed by atoms with Gasteiger partial charge in [0.05, 0.1) is 44.6 Å². The Labute approximate surface area is 378 Å². The monoisotopic (exact) mass is 912 g/mol. The van der Waals surface area contributed by atoms with Crippen LogP contribution in [0.1, 0.15) is 11.1 Å². The maximum absolute atomic E-state index is 17.1. The minimum atomic E-state index is -5.52. The maximum atomic E-state index is 17.1. The molecule has 0 unspecified atom stereocenters. The molecule has 330 valence electrons. The van der Waals surface area contributed by atoms with Crippen molar-refractivity contribution < 1.29 is 44.0 Å². The first-order valence-electron chi connectivity index (χ1n) is 21.4. The van der Waals surface area contributed by atoms with Gasteiger partial charge in [-0.25, -0.2) is 8.78 Å². The summed E-state index contributed by atoms with van der Waals surface area (Å²) in [5, 5.41) is 4.18. The van der Waals surface area contributed by atoms with Crippen molar-refractivity contribution in [3.63, 3.8) is 0 Å². The van der Waals surface area contributed by atoms with Gasteiger partial charge in [-0.1, -0.05) is 97.1 Å². The zero-order valence-corrected chi connectivity index (χ0v) is 34.9. The smallest absolute Gasteiger partial charge is 0.419 e. The number of benzene rings is 9. The van der Waals surface area contributed by atoms with Crippen LogP contribution in [0.4, 0.5) is 35.1 Å². The van der Waals surface area contributed by atoms with Crippen LogP contribution in [0.15, 0.2) is 179 Å². The summed E-state index contributed by atoms with van der Waals surface area (Å²) >= 11 is 0. The summed E-state index contributed by atoms with van der Waals surface area (Å²) in [6.45, 7) is 0. The maximum Gasteiger partial charge on any atom is 0.419 e. The quantitative estimate of drug-likeness (QED) is 0.165. The van der Waals surface area contributed by atoms with Crippen molar-refractivity contribution in [1.29, 1.82) is 0 Å². The van der Waals surface area contributed by atoms with E-state index in [-0.39, 0.29) is 33.2 Å². The van der Waals surface area contributed by atoms with Crippen LogP contribution in [0.2, 0.25) is 0 Å². The van der Waals surface area contributed by atoms with Crippen molar-refractivity contribution in [2.45, 2.75) is 12.4 Å². The van der Waals surface area contributed by atoms with Crippen LogP contribution >= 0.6 is 0 Å². The second kappa shape index (κ2) is 14.1. The Kier molecular flexibility index (Phi) is 8.26. The van der Waals surface area contributed by atoms with Gasteiger partial charge in [0.25, 0.3) is 0 Å². The van der Waals surface area contributed by atoms with E-state index in [9.17, 15) is 0 Å². The van der Waals surface area contributed by atoms with Crippen LogP contribution in [-0.2, 0) is 12.4 Å². The van der Waals surface area contributed by atoms with E-state index in [1.807, 2.05) is 12.1 Å². The molecule has 13 rings (SSSR count). The van der Waals surface area contributed by atoms with E-state index in [0.29, 0.717) is 65.4 Å². The molecule has 0 fully saturated rings. The molecule has 4 nitrogen and oxygen atoms in total. The highest BCUT2D eigenvalue weighted by Crippen LogP contribution is 2.57. The van der Waals surface area contributed by atoms with E-state index in [0.717, 1.165) is 53.1 Å². The molecule has 13 aromatic rings. The molecular formula is C56H28F8N2O2. The molecule has 0 spiro atoms. The molecule has 9 aromatic carbocycles. The zero-order chi connectivity index (χ0) is 46.4. The lowest BCUT2D eigenvalue weighted by Crippen LogP contribution is -2.23. The summed E-state index contributed by atoms with van der Waals surface area (Å²) in [5.41, 5.74) is -4.30. The predicted molar refractivity (Wildman–Crippen MR) is 250 cm³/mol. The van der Waals surface area contributed by atoms with Gasteiger partial charge in [-0.2, -0.15) is 26.3 Å². The second-order valence-electron chi connectivity index (χ2n) is 16.8. The fourth-order valence-electron chi connectivity index (χ4n) is 10.5. The number of para-hydroxylation sites is 4. The van der Waals surface area contributed by atoms with Gasteiger partial charge in [-0.15, -0.1) is 0 Å². The molecule has 4 heterocycles. The highest BCUT2D eigenvalue weighted by molar-refractivity contribution is 6.29. The van der Waals surface area contributed by atoms with Crippen molar-refractivity contribution in [1.82, 2.24) is 9.13 Å². The lowest BCUT2D eigenvalue weighted by Gasteiger charge is -2.31. The number of fused-ring (bicyclic) bond motifs is 14. The Balaban J connectivity index is 1.33. The Morgan fingerprint density at radius 2 is 0.691 bits per heavy atom. The molecule has 4 aromatic heterocycles. The van der Waals surface area contributed by atoms with Crippen molar-refractivity contribution in [2.75, 3.05) is 0 Å². The fourth-order valence-corrected chi connectivity index (χ4v) is 10.5. The number of alkyl halides is 6. The van der Waals surface area contributed by atoms with E-state index in [1.165, 1.54) is 16.7 Å². The van der Waals surface area contributed by atoms with Gasteiger partial charge in [0.2, 0.25) is 0 Å². The Morgan fingerprint density at radius 1 is 0.324 bits per heavy atom. The average molecular weight is 913 g/mol. The summed E-state index contributed by atoms with van der Waals surface area (Å²) in [6.07, 6.45) is -11.0. The molecule has 0 aliphatic rings. The van der Waals surface area contributed by atoms with E-state index in [2.05, 4.69) is 0 Å². The van der Waals surface area contributed by atoms with Crippen LogP contribution in [0.25, 0.3) is 121 Å². The Morgan fingerprint density at radius 3 is 1.10 bits per heavy atom. The van der Waals surface area contributed by atoms with Crippen LogP contribution < -0.4 is 0 Å². The summed E-state index contributed by atoms with van der Waals surface area (Å²) in [5.74, 6) is -1.56. The minimum absolute atomic E-state index is 0.0372. The Bertz CT molecular complexity index is 4160. The molecule has 0 bridgehead atoms. The van der Waals surface area contributed by atoms with Crippen LogP contribution in [0.3, 0.4) is 0 Å². The SMILES string of the molecule is Fc1ccc(-c2c(-n3c4ccccc4c4c5c(ccc43)oc3ccccc35)c(-c3ccc(F)cc3)c(C(F)(F)F)c(-n3c4ccccc4c4c5c(ccc43)oc3ccccc35)c2C(F)(F)F)cc1. The van der Waals surface area contributed by atoms with Gasteiger partial charge in [0, 0.05) is 54.2 Å². The van der Waals surface area contributed by atoms with Crippen LogP contribution in [0, 0.1) is 11.6 Å². The first-order valence-corrected chi connectivity index (χ1v) is 21.4. The molecule has 0 amide bonds. The van der Waals surface area contributed by atoms with Crippen LogP contribution in [-0.4, -0.2) is 9.13 Å². The van der Waals surface area contributed by atoms with Crippen molar-refractivity contribution in [2.24, 2.45) is 0 Å². The molecule has 0 saturated carbocycles. The molecule has 0 aliphatic heterocycles. The van der Waals surface area contributed by atoms with Crippen molar-refractivity contribution in [3.05, 3.63) is 193 Å². The number of hydrogen-bond acceptors (Lipinski definition) is 2. The number of halogens is 8. The van der Waals surface area contributed by atoms with Gasteiger partial charge >= 0.3 is 12.4 Å². The molecule has 0 N–H and O–H groups in total. The average Bonchev–Trinajstić information content (AvgIpc) is 4.08. The zero-order valence-electron chi connectivity index (χ0n) is 34.9. The molecule has 12 heteroatoms. The Hall–Kier alpha value is -8.38. The van der Waals surface area contributed by atoms with Gasteiger partial charge in [0.15, 0.2) is 0 Å². The third kappa shape index (κ3) is 5.60. The lowest BCUT2D eigenvalue weighted by atomic mass is 9.85. The topological polar surface area (TPSA) is 36.1 Å². The predicted octanol–water partition coefficient (Wildman–Crippen LogP) is 17.3. The number of hydrogen-bond donors (Lipinski definition) is 0. The lowest BCUT2D eigenvalue weighted by molar-refractivity contribution is -0.142. The fraction of sp³-hybridized carbons (Fsp3) is 0.0357. The minimum Gasteiger partial charge on any atom is -0.456 e. The standard InChI is InChI=1S/C56H28F8N2O2/c57-31-21-17-29(18-22-31)45-51(55(59,60)61)54(66-38-14-6-2-10-34(38)48-40(66)26-28-44-50(48)36-12-4-8-16-42(36)68-44)52(56(62,63)64)46(30-19-23-32(58)24-20-30)53(45)65-37-13-5-1-9-33(37)47-39(65)25-27-43-49(47)35-11-3-7-15-41(35)67-43/h1-28H. The largest absolute Gasteiger partial charge is 0.456 e. The first kappa shape index (κ1) is 39.9. The normalized spacial score (nSPS) is 12.7. The van der Waals surface area contributed by atoms with E-state index in [4.69, 9.17) is 8.83 Å². The molecule has 0 saturated heterocycles. The summed E-state index contributed by atoms with van der Waals surface area (Å²) in [6, 6.07) is 42.2. The first-order chi connectivity index (χ1) is 32.9. The highest BCUT2D eigenvalue weighted by Gasteiger charge is 2.49. The summed E-state index contributed by atoms with van der Waals surface area (Å²) < 4.78 is 147. The third-order valence-corrected chi connectivity index (χ3v) is 13.1. The van der Waals surface area contributed by atoms with E-state index >= 15 is 35.1 Å². The molecule has 68 heavy (non-hydrogen) atoms. The van der Waals surface area contributed by atoms with Gasteiger partial charge in [-0.3, -0.25) is 0 Å². The molecule has 0 atom stereocenters. The third-order valence-electron chi connectivity index (χ3n) is 13.1.